The van der Waals surface area contributed by atoms with E-state index in [-0.39, 0.29) is 0 Å². The zero-order valence-corrected chi connectivity index (χ0v) is 9.08. The molecular weight excluding hydrogens is 179 g/mol. The van der Waals surface area contributed by atoms with Crippen molar-refractivity contribution in [1.82, 2.24) is 9.80 Å². The lowest BCUT2D eigenvalue weighted by Gasteiger charge is -2.37. The molecule has 82 valence electrons. The van der Waals surface area contributed by atoms with Crippen LogP contribution in [0.15, 0.2) is 0 Å². The minimum absolute atomic E-state index is 0.546. The zero-order chi connectivity index (χ0) is 9.97. The summed E-state index contributed by atoms with van der Waals surface area (Å²) in [5.41, 5.74) is 0. The van der Waals surface area contributed by atoms with Crippen molar-refractivity contribution in [2.45, 2.75) is 25.9 Å². The summed E-state index contributed by atoms with van der Waals surface area (Å²) in [5.74, 6) is 0.856. The third kappa shape index (κ3) is 2.67. The zero-order valence-electron chi connectivity index (χ0n) is 9.08. The molecule has 0 aromatic rings. The summed E-state index contributed by atoms with van der Waals surface area (Å²) in [6.07, 6.45) is 2.18. The predicted molar refractivity (Wildman–Crippen MR) is 56.2 cm³/mol. The molecule has 0 N–H and O–H groups in total. The van der Waals surface area contributed by atoms with Crippen molar-refractivity contribution >= 4 is 0 Å². The van der Waals surface area contributed by atoms with Crippen molar-refractivity contribution in [3.8, 4) is 0 Å². The van der Waals surface area contributed by atoms with E-state index in [1.807, 2.05) is 0 Å². The van der Waals surface area contributed by atoms with Gasteiger partial charge in [0.05, 0.1) is 0 Å². The molecule has 0 saturated carbocycles. The minimum atomic E-state index is -0.546. The molecule has 2 nitrogen and oxygen atoms in total. The highest BCUT2D eigenvalue weighted by Crippen LogP contribution is 2.16. The Kier molecular flexibility index (Phi) is 3.39. The van der Waals surface area contributed by atoms with E-state index in [0.717, 1.165) is 19.0 Å². The average molecular weight is 200 g/mol. The highest BCUT2D eigenvalue weighted by molar-refractivity contribution is 4.80. The van der Waals surface area contributed by atoms with Gasteiger partial charge in [-0.25, -0.2) is 4.39 Å². The Morgan fingerprint density at radius 1 is 1.14 bits per heavy atom. The maximum atomic E-state index is 12.5. The Hall–Kier alpha value is -0.150. The number of hydrogen-bond donors (Lipinski definition) is 0. The third-order valence-electron chi connectivity index (χ3n) is 3.39. The van der Waals surface area contributed by atoms with Crippen LogP contribution in [0, 0.1) is 5.92 Å². The van der Waals surface area contributed by atoms with E-state index in [0.29, 0.717) is 13.1 Å². The van der Waals surface area contributed by atoms with Gasteiger partial charge in [-0.05, 0) is 25.3 Å². The van der Waals surface area contributed by atoms with Crippen molar-refractivity contribution in [2.75, 3.05) is 39.3 Å². The van der Waals surface area contributed by atoms with Crippen LogP contribution >= 0.6 is 0 Å². The average Bonchev–Trinajstić information content (AvgIpc) is 2.11. The van der Waals surface area contributed by atoms with Gasteiger partial charge in [-0.2, -0.15) is 0 Å². The summed E-state index contributed by atoms with van der Waals surface area (Å²) in [7, 11) is 0. The van der Waals surface area contributed by atoms with Gasteiger partial charge in [0.25, 0.3) is 0 Å². The lowest BCUT2D eigenvalue weighted by Crippen LogP contribution is -2.51. The molecule has 2 fully saturated rings. The van der Waals surface area contributed by atoms with E-state index in [1.54, 1.807) is 0 Å². The monoisotopic (exact) mass is 200 g/mol. The molecular formula is C11H21FN2. The molecule has 0 bridgehead atoms. The molecule has 0 unspecified atom stereocenters. The fourth-order valence-electron chi connectivity index (χ4n) is 2.46. The largest absolute Gasteiger partial charge is 0.302 e. The van der Waals surface area contributed by atoms with E-state index in [4.69, 9.17) is 0 Å². The molecule has 2 saturated heterocycles. The molecule has 0 amide bonds. The summed E-state index contributed by atoms with van der Waals surface area (Å²) in [6.45, 7) is 8.36. The van der Waals surface area contributed by atoms with Crippen LogP contribution < -0.4 is 0 Å². The number of likely N-dealkylation sites (tertiary alicyclic amines) is 2. The van der Waals surface area contributed by atoms with Crippen LogP contribution in [0.1, 0.15) is 19.8 Å². The maximum absolute atomic E-state index is 12.5. The molecule has 2 heterocycles. The van der Waals surface area contributed by atoms with Gasteiger partial charge in [-0.1, -0.05) is 6.92 Å². The van der Waals surface area contributed by atoms with Crippen LogP contribution in [0.25, 0.3) is 0 Å². The Balaban J connectivity index is 1.60. The lowest BCUT2D eigenvalue weighted by molar-refractivity contribution is 0.0507. The molecule has 2 aliphatic heterocycles. The Morgan fingerprint density at radius 3 is 2.50 bits per heavy atom. The van der Waals surface area contributed by atoms with Gasteiger partial charge in [0.1, 0.15) is 6.17 Å². The van der Waals surface area contributed by atoms with E-state index < -0.39 is 6.17 Å². The molecule has 0 radical (unpaired) electrons. The fraction of sp³-hybridized carbons (Fsp3) is 1.00. The number of hydrogen-bond acceptors (Lipinski definition) is 2. The molecule has 0 aliphatic carbocycles. The molecule has 14 heavy (non-hydrogen) atoms. The molecule has 0 spiro atoms. The summed E-state index contributed by atoms with van der Waals surface area (Å²) in [5, 5.41) is 0. The summed E-state index contributed by atoms with van der Waals surface area (Å²) in [4.78, 5) is 4.74. The Labute approximate surface area is 86.1 Å². The highest BCUT2D eigenvalue weighted by Gasteiger charge is 2.26. The second-order valence-corrected chi connectivity index (χ2v) is 4.90. The standard InChI is InChI=1S/C11H21FN2/c1-10-3-2-4-13(7-10)5-6-14-8-11(12)9-14/h10-11H,2-9H2,1H3/t10-/m0/s1. The molecule has 0 aromatic heterocycles. The molecule has 0 aromatic carbocycles. The fourth-order valence-corrected chi connectivity index (χ4v) is 2.46. The highest BCUT2D eigenvalue weighted by atomic mass is 19.1. The molecule has 1 atom stereocenters. The second kappa shape index (κ2) is 4.58. The van der Waals surface area contributed by atoms with Gasteiger partial charge in [-0.3, -0.25) is 4.90 Å². The van der Waals surface area contributed by atoms with Gasteiger partial charge < -0.3 is 4.90 Å². The third-order valence-corrected chi connectivity index (χ3v) is 3.39. The van der Waals surface area contributed by atoms with Crippen LogP contribution in [-0.2, 0) is 0 Å². The van der Waals surface area contributed by atoms with Gasteiger partial charge in [-0.15, -0.1) is 0 Å². The van der Waals surface area contributed by atoms with Crippen molar-refractivity contribution in [2.24, 2.45) is 5.92 Å². The number of piperidine rings is 1. The SMILES string of the molecule is C[C@H]1CCCN(CCN2CC(F)C2)C1. The first kappa shape index (κ1) is 10.4. The Morgan fingerprint density at radius 2 is 1.86 bits per heavy atom. The van der Waals surface area contributed by atoms with Gasteiger partial charge >= 0.3 is 0 Å². The summed E-state index contributed by atoms with van der Waals surface area (Å²) < 4.78 is 12.5. The lowest BCUT2D eigenvalue weighted by atomic mass is 10.0. The van der Waals surface area contributed by atoms with Crippen LogP contribution in [-0.4, -0.2) is 55.2 Å². The van der Waals surface area contributed by atoms with Crippen LogP contribution in [0.3, 0.4) is 0 Å². The van der Waals surface area contributed by atoms with E-state index in [2.05, 4.69) is 16.7 Å². The number of alkyl halides is 1. The van der Waals surface area contributed by atoms with E-state index >= 15 is 0 Å². The molecule has 2 aliphatic rings. The first-order valence-electron chi connectivity index (χ1n) is 5.83. The topological polar surface area (TPSA) is 6.48 Å². The van der Waals surface area contributed by atoms with Crippen molar-refractivity contribution < 1.29 is 4.39 Å². The van der Waals surface area contributed by atoms with E-state index in [9.17, 15) is 4.39 Å². The van der Waals surface area contributed by atoms with Crippen molar-refractivity contribution in [3.05, 3.63) is 0 Å². The number of halogens is 1. The van der Waals surface area contributed by atoms with Crippen LogP contribution in [0.5, 0.6) is 0 Å². The van der Waals surface area contributed by atoms with Gasteiger partial charge in [0.2, 0.25) is 0 Å². The van der Waals surface area contributed by atoms with Crippen LogP contribution in [0.2, 0.25) is 0 Å². The van der Waals surface area contributed by atoms with Gasteiger partial charge in [0, 0.05) is 32.7 Å². The van der Waals surface area contributed by atoms with Gasteiger partial charge in [0.15, 0.2) is 0 Å². The maximum Gasteiger partial charge on any atom is 0.125 e. The first-order valence-corrected chi connectivity index (χ1v) is 5.83. The summed E-state index contributed by atoms with van der Waals surface area (Å²) in [6, 6.07) is 0. The minimum Gasteiger partial charge on any atom is -0.302 e. The predicted octanol–water partition coefficient (Wildman–Crippen LogP) is 1.37. The van der Waals surface area contributed by atoms with E-state index in [1.165, 1.54) is 25.9 Å². The smallest absolute Gasteiger partial charge is 0.125 e. The number of rotatable bonds is 3. The van der Waals surface area contributed by atoms with Crippen LogP contribution in [0.4, 0.5) is 4.39 Å². The van der Waals surface area contributed by atoms with Crippen molar-refractivity contribution in [1.29, 1.82) is 0 Å². The Bertz CT molecular complexity index is 180. The van der Waals surface area contributed by atoms with Crippen molar-refractivity contribution in [3.63, 3.8) is 0 Å². The second-order valence-electron chi connectivity index (χ2n) is 4.90. The molecule has 2 rings (SSSR count). The molecule has 3 heteroatoms. The normalized spacial score (nSPS) is 31.7. The first-order chi connectivity index (χ1) is 6.74. The quantitative estimate of drug-likeness (QED) is 0.679. The number of nitrogens with zero attached hydrogens (tertiary/aromatic N) is 2. The summed E-state index contributed by atoms with van der Waals surface area (Å²) >= 11 is 0.